The van der Waals surface area contributed by atoms with Gasteiger partial charge in [-0.3, -0.25) is 0 Å². The van der Waals surface area contributed by atoms with Crippen molar-refractivity contribution >= 4 is 5.97 Å². The molecule has 0 heterocycles. The Balaban J connectivity index is 0. The van der Waals surface area contributed by atoms with Crippen molar-refractivity contribution in [2.45, 2.75) is 20.8 Å². The Labute approximate surface area is 107 Å². The fourth-order valence-corrected chi connectivity index (χ4v) is 1.21. The van der Waals surface area contributed by atoms with Crippen LogP contribution in [0.15, 0.2) is 0 Å². The van der Waals surface area contributed by atoms with Gasteiger partial charge in [0.15, 0.2) is 6.54 Å². The van der Waals surface area contributed by atoms with E-state index in [1.54, 1.807) is 0 Å². The van der Waals surface area contributed by atoms with Crippen LogP contribution in [0, 0.1) is 0 Å². The molecule has 0 aromatic heterocycles. The molecular weight excluding hydrogens is 216 g/mol. The molecule has 0 aliphatic carbocycles. The fraction of sp³-hybridized carbons (Fsp3) is 0.923. The van der Waals surface area contributed by atoms with Gasteiger partial charge in [-0.2, -0.15) is 0 Å². The van der Waals surface area contributed by atoms with Crippen molar-refractivity contribution in [3.05, 3.63) is 0 Å². The molecule has 0 N–H and O–H groups in total. The smallest absolute Gasteiger partial charge is 0.361 e. The summed E-state index contributed by atoms with van der Waals surface area (Å²) in [7, 11) is 10.6. The van der Waals surface area contributed by atoms with Crippen molar-refractivity contribution in [2.24, 2.45) is 0 Å². The number of carbonyl (C=O) groups is 1. The molecule has 17 heavy (non-hydrogen) atoms. The Morgan fingerprint density at radius 3 is 1.82 bits per heavy atom. The first kappa shape index (κ1) is 18.7. The maximum atomic E-state index is 11.3. The zero-order chi connectivity index (χ0) is 14.1. The van der Waals surface area contributed by atoms with Gasteiger partial charge in [0.05, 0.1) is 41.8 Å². The third-order valence-corrected chi connectivity index (χ3v) is 2.24. The Kier molecular flexibility index (Phi) is 9.35. The van der Waals surface area contributed by atoms with Crippen molar-refractivity contribution in [2.75, 3.05) is 61.5 Å². The minimum atomic E-state index is -0.107. The van der Waals surface area contributed by atoms with Crippen LogP contribution in [-0.2, 0) is 9.53 Å². The number of hydrogen-bond acceptors (Lipinski definition) is 2. The normalized spacial score (nSPS) is 11.5. The Bertz CT molecular complexity index is 208. The standard InChI is InChI=1S/C11H26N2O2.C2H6/c1-7-15-11(14)10-13(5,6)9-8-12(2,3)4;1-2/h7-10H2,1-6H3;1-2H3/q+2;. The molecule has 0 saturated carbocycles. The molecule has 0 aliphatic heterocycles. The van der Waals surface area contributed by atoms with E-state index in [-0.39, 0.29) is 5.97 Å². The molecule has 0 aliphatic rings. The average molecular weight is 248 g/mol. The van der Waals surface area contributed by atoms with Crippen LogP contribution >= 0.6 is 0 Å². The van der Waals surface area contributed by atoms with Gasteiger partial charge in [0.25, 0.3) is 0 Å². The average Bonchev–Trinajstić information content (AvgIpc) is 2.17. The number of likely N-dealkylation sites (N-methyl/N-ethyl adjacent to an activating group) is 2. The first-order valence-electron chi connectivity index (χ1n) is 6.44. The van der Waals surface area contributed by atoms with E-state index in [1.165, 1.54) is 0 Å². The van der Waals surface area contributed by atoms with Crippen LogP contribution in [-0.4, -0.2) is 76.4 Å². The van der Waals surface area contributed by atoms with Crippen LogP contribution in [0.2, 0.25) is 0 Å². The van der Waals surface area contributed by atoms with Gasteiger partial charge >= 0.3 is 5.97 Å². The highest BCUT2D eigenvalue weighted by atomic mass is 16.5. The maximum absolute atomic E-state index is 11.3. The third kappa shape index (κ3) is 13.3. The highest BCUT2D eigenvalue weighted by Crippen LogP contribution is 2.00. The number of ether oxygens (including phenoxy) is 1. The zero-order valence-corrected chi connectivity index (χ0v) is 13.0. The second-order valence-corrected chi connectivity index (χ2v) is 5.64. The lowest BCUT2D eigenvalue weighted by atomic mass is 10.4. The molecule has 0 radical (unpaired) electrons. The molecule has 0 aromatic carbocycles. The highest BCUT2D eigenvalue weighted by Gasteiger charge is 2.23. The van der Waals surface area contributed by atoms with E-state index in [2.05, 4.69) is 35.2 Å². The lowest BCUT2D eigenvalue weighted by molar-refractivity contribution is -0.933. The van der Waals surface area contributed by atoms with Crippen molar-refractivity contribution in [1.29, 1.82) is 0 Å². The second kappa shape index (κ2) is 8.48. The summed E-state index contributed by atoms with van der Waals surface area (Å²) in [6, 6.07) is 0. The van der Waals surface area contributed by atoms with E-state index in [4.69, 9.17) is 4.74 Å². The van der Waals surface area contributed by atoms with E-state index >= 15 is 0 Å². The van der Waals surface area contributed by atoms with Gasteiger partial charge in [-0.25, -0.2) is 4.79 Å². The fourth-order valence-electron chi connectivity index (χ4n) is 1.21. The first-order valence-corrected chi connectivity index (χ1v) is 6.44. The topological polar surface area (TPSA) is 26.3 Å². The quantitative estimate of drug-likeness (QED) is 0.524. The van der Waals surface area contributed by atoms with Crippen molar-refractivity contribution in [1.82, 2.24) is 0 Å². The van der Waals surface area contributed by atoms with Crippen LogP contribution in [0.25, 0.3) is 0 Å². The molecule has 0 fully saturated rings. The summed E-state index contributed by atoms with van der Waals surface area (Å²) in [4.78, 5) is 11.3. The largest absolute Gasteiger partial charge is 0.462 e. The summed E-state index contributed by atoms with van der Waals surface area (Å²) in [6.45, 7) is 8.78. The van der Waals surface area contributed by atoms with E-state index in [0.29, 0.717) is 17.6 Å². The molecule has 0 amide bonds. The van der Waals surface area contributed by atoms with Crippen LogP contribution < -0.4 is 0 Å². The van der Waals surface area contributed by atoms with Crippen LogP contribution in [0.1, 0.15) is 20.8 Å². The summed E-state index contributed by atoms with van der Waals surface area (Å²) >= 11 is 0. The number of rotatable bonds is 6. The second-order valence-electron chi connectivity index (χ2n) is 5.64. The molecule has 0 saturated heterocycles. The summed E-state index contributed by atoms with van der Waals surface area (Å²) in [5, 5.41) is 0. The Hall–Kier alpha value is -0.610. The summed E-state index contributed by atoms with van der Waals surface area (Å²) < 4.78 is 6.56. The number of esters is 1. The predicted octanol–water partition coefficient (Wildman–Crippen LogP) is 1.36. The third-order valence-electron chi connectivity index (χ3n) is 2.24. The molecule has 0 bridgehead atoms. The van der Waals surface area contributed by atoms with E-state index in [1.807, 2.05) is 20.8 Å². The Morgan fingerprint density at radius 2 is 1.47 bits per heavy atom. The van der Waals surface area contributed by atoms with Gasteiger partial charge in [0, 0.05) is 0 Å². The number of carbonyl (C=O) groups excluding carboxylic acids is 1. The van der Waals surface area contributed by atoms with Crippen molar-refractivity contribution < 1.29 is 18.5 Å². The molecule has 104 valence electrons. The summed E-state index contributed by atoms with van der Waals surface area (Å²) in [5.74, 6) is -0.107. The van der Waals surface area contributed by atoms with Gasteiger partial charge in [0.2, 0.25) is 0 Å². The van der Waals surface area contributed by atoms with Crippen LogP contribution in [0.3, 0.4) is 0 Å². The van der Waals surface area contributed by atoms with Gasteiger partial charge in [0.1, 0.15) is 13.1 Å². The van der Waals surface area contributed by atoms with Crippen molar-refractivity contribution in [3.63, 3.8) is 0 Å². The van der Waals surface area contributed by atoms with Crippen LogP contribution in [0.4, 0.5) is 0 Å². The maximum Gasteiger partial charge on any atom is 0.361 e. The minimum Gasteiger partial charge on any atom is -0.462 e. The van der Waals surface area contributed by atoms with Gasteiger partial charge < -0.3 is 13.7 Å². The number of quaternary nitrogens is 2. The minimum absolute atomic E-state index is 0.107. The zero-order valence-electron chi connectivity index (χ0n) is 13.0. The van der Waals surface area contributed by atoms with Crippen molar-refractivity contribution in [3.8, 4) is 0 Å². The van der Waals surface area contributed by atoms with Crippen LogP contribution in [0.5, 0.6) is 0 Å². The molecule has 0 aromatic rings. The van der Waals surface area contributed by atoms with Gasteiger partial charge in [-0.15, -0.1) is 0 Å². The number of nitrogens with zero attached hydrogens (tertiary/aromatic N) is 2. The highest BCUT2D eigenvalue weighted by molar-refractivity contribution is 5.70. The van der Waals surface area contributed by atoms with Gasteiger partial charge in [-0.05, 0) is 6.92 Å². The first-order chi connectivity index (χ1) is 7.66. The summed E-state index contributed by atoms with van der Waals surface area (Å²) in [6.07, 6.45) is 0. The van der Waals surface area contributed by atoms with E-state index < -0.39 is 0 Å². The predicted molar refractivity (Wildman–Crippen MR) is 72.7 cm³/mol. The molecule has 0 unspecified atom stereocenters. The molecule has 4 heteroatoms. The lowest BCUT2D eigenvalue weighted by Gasteiger charge is -2.32. The summed E-state index contributed by atoms with van der Waals surface area (Å²) in [5.41, 5.74) is 0. The molecule has 4 nitrogen and oxygen atoms in total. The Morgan fingerprint density at radius 1 is 1.00 bits per heavy atom. The molecule has 0 atom stereocenters. The van der Waals surface area contributed by atoms with E-state index in [9.17, 15) is 4.79 Å². The van der Waals surface area contributed by atoms with Gasteiger partial charge in [-0.1, -0.05) is 13.8 Å². The molecular formula is C13H32N2O2+2. The number of hydrogen-bond donors (Lipinski definition) is 0. The lowest BCUT2D eigenvalue weighted by Crippen LogP contribution is -2.51. The monoisotopic (exact) mass is 248 g/mol. The molecule has 0 rings (SSSR count). The SMILES string of the molecule is CC.CCOC(=O)C[N+](C)(C)CC[N+](C)(C)C. The van der Waals surface area contributed by atoms with E-state index in [0.717, 1.165) is 17.6 Å². The molecule has 0 spiro atoms.